The van der Waals surface area contributed by atoms with Crippen molar-refractivity contribution in [2.75, 3.05) is 40.0 Å². The lowest BCUT2D eigenvalue weighted by Gasteiger charge is -2.34. The van der Waals surface area contributed by atoms with E-state index in [1.54, 1.807) is 7.11 Å². The van der Waals surface area contributed by atoms with Gasteiger partial charge in [0.15, 0.2) is 0 Å². The van der Waals surface area contributed by atoms with Crippen LogP contribution in [0.4, 0.5) is 0 Å². The van der Waals surface area contributed by atoms with Crippen molar-refractivity contribution in [2.45, 2.75) is 25.7 Å². The number of hydrogen-bond donors (Lipinski definition) is 1. The Morgan fingerprint density at radius 2 is 2.23 bits per heavy atom. The molecule has 1 saturated heterocycles. The lowest BCUT2D eigenvalue weighted by Crippen LogP contribution is -2.47. The molecule has 0 aliphatic carbocycles. The number of aliphatic hydroxyl groups is 1. The summed E-state index contributed by atoms with van der Waals surface area (Å²) in [6.45, 7) is 5.79. The van der Waals surface area contributed by atoms with Gasteiger partial charge in [0.2, 0.25) is 0 Å². The molecule has 1 aliphatic rings. The molecule has 0 radical (unpaired) electrons. The number of aliphatic hydroxyl groups excluding tert-OH is 1. The third-order valence-corrected chi connectivity index (χ3v) is 4.33. The highest BCUT2D eigenvalue weighted by atomic mass is 16.5. The molecule has 1 aliphatic heterocycles. The molecule has 1 aromatic carbocycles. The summed E-state index contributed by atoms with van der Waals surface area (Å²) < 4.78 is 18.6. The Kier molecular flexibility index (Phi) is 6.49. The number of methoxy groups -OCH3 is 1. The second kappa shape index (κ2) is 9.02. The minimum atomic E-state index is -0.563. The molecular weight excluding hydrogens is 334 g/mol. The molecular formula is C19H27N3O4. The minimum absolute atomic E-state index is 0.0783. The van der Waals surface area contributed by atoms with Gasteiger partial charge < -0.3 is 19.3 Å². The van der Waals surface area contributed by atoms with E-state index in [-0.39, 0.29) is 12.7 Å². The highest BCUT2D eigenvalue weighted by molar-refractivity contribution is 5.32. The molecule has 142 valence electrons. The van der Waals surface area contributed by atoms with Crippen LogP contribution in [0, 0.1) is 6.92 Å². The van der Waals surface area contributed by atoms with Crippen molar-refractivity contribution in [1.82, 2.24) is 14.7 Å². The molecule has 2 heterocycles. The molecule has 0 saturated carbocycles. The van der Waals surface area contributed by atoms with E-state index in [2.05, 4.69) is 10.00 Å². The molecule has 7 heteroatoms. The van der Waals surface area contributed by atoms with Gasteiger partial charge in [-0.25, -0.2) is 0 Å². The summed E-state index contributed by atoms with van der Waals surface area (Å²) in [6.07, 6.45) is 3.38. The van der Waals surface area contributed by atoms with Crippen molar-refractivity contribution in [2.24, 2.45) is 0 Å². The van der Waals surface area contributed by atoms with Crippen LogP contribution in [0.15, 0.2) is 36.7 Å². The van der Waals surface area contributed by atoms with Crippen molar-refractivity contribution >= 4 is 0 Å². The van der Waals surface area contributed by atoms with Crippen molar-refractivity contribution < 1.29 is 19.3 Å². The first-order valence-corrected chi connectivity index (χ1v) is 8.90. The zero-order valence-corrected chi connectivity index (χ0v) is 15.4. The maximum Gasteiger partial charge on any atom is 0.123 e. The van der Waals surface area contributed by atoms with Crippen LogP contribution in [0.2, 0.25) is 0 Å². The van der Waals surface area contributed by atoms with Gasteiger partial charge in [-0.1, -0.05) is 6.07 Å². The Labute approximate surface area is 154 Å². The smallest absolute Gasteiger partial charge is 0.123 e. The largest absolute Gasteiger partial charge is 0.497 e. The lowest BCUT2D eigenvalue weighted by atomic mass is 10.2. The van der Waals surface area contributed by atoms with Crippen molar-refractivity contribution in [3.05, 3.63) is 42.2 Å². The zero-order chi connectivity index (χ0) is 18.4. The van der Waals surface area contributed by atoms with Gasteiger partial charge in [0, 0.05) is 31.9 Å². The predicted molar refractivity (Wildman–Crippen MR) is 97.6 cm³/mol. The average Bonchev–Trinajstić information content (AvgIpc) is 3.05. The van der Waals surface area contributed by atoms with E-state index >= 15 is 0 Å². The van der Waals surface area contributed by atoms with E-state index < -0.39 is 6.10 Å². The normalized spacial score (nSPS) is 19.3. The van der Waals surface area contributed by atoms with Crippen LogP contribution in [-0.4, -0.2) is 72.0 Å². The maximum atomic E-state index is 10.3. The van der Waals surface area contributed by atoms with Gasteiger partial charge in [0.25, 0.3) is 0 Å². The molecule has 0 spiro atoms. The third kappa shape index (κ3) is 5.45. The van der Waals surface area contributed by atoms with Gasteiger partial charge in [0.05, 0.1) is 32.6 Å². The number of morpholine rings is 1. The van der Waals surface area contributed by atoms with E-state index in [1.165, 1.54) is 0 Å². The maximum absolute atomic E-state index is 10.3. The van der Waals surface area contributed by atoms with E-state index in [9.17, 15) is 5.11 Å². The zero-order valence-electron chi connectivity index (χ0n) is 15.4. The molecule has 7 nitrogen and oxygen atoms in total. The molecule has 0 amide bonds. The van der Waals surface area contributed by atoms with Gasteiger partial charge in [-0.15, -0.1) is 0 Å². The number of nitrogens with zero attached hydrogens (tertiary/aromatic N) is 3. The molecule has 1 N–H and O–H groups in total. The minimum Gasteiger partial charge on any atom is -0.497 e. The number of ether oxygens (including phenoxy) is 3. The quantitative estimate of drug-likeness (QED) is 0.765. The van der Waals surface area contributed by atoms with Crippen LogP contribution in [0.3, 0.4) is 0 Å². The molecule has 2 unspecified atom stereocenters. The first kappa shape index (κ1) is 18.7. The number of rotatable bonds is 8. The number of β-amino-alcohol motifs (C(OH)–C–C–N with tert-alkyl or cyclic N) is 1. The van der Waals surface area contributed by atoms with E-state index in [0.29, 0.717) is 18.9 Å². The lowest BCUT2D eigenvalue weighted by molar-refractivity contribution is -0.0517. The Morgan fingerprint density at radius 3 is 3.00 bits per heavy atom. The number of hydrogen-bond acceptors (Lipinski definition) is 6. The Bertz CT molecular complexity index is 691. The van der Waals surface area contributed by atoms with Crippen LogP contribution >= 0.6 is 0 Å². The Balaban J connectivity index is 1.43. The van der Waals surface area contributed by atoms with Crippen LogP contribution in [-0.2, 0) is 11.3 Å². The third-order valence-electron chi connectivity index (χ3n) is 4.33. The summed E-state index contributed by atoms with van der Waals surface area (Å²) in [4.78, 5) is 2.21. The molecule has 1 aromatic heterocycles. The van der Waals surface area contributed by atoms with E-state index in [1.807, 2.05) is 48.3 Å². The fraction of sp³-hybridized carbons (Fsp3) is 0.526. The first-order valence-electron chi connectivity index (χ1n) is 8.90. The Morgan fingerprint density at radius 1 is 1.38 bits per heavy atom. The fourth-order valence-electron chi connectivity index (χ4n) is 3.07. The topological polar surface area (TPSA) is 69.0 Å². The van der Waals surface area contributed by atoms with Crippen LogP contribution < -0.4 is 9.47 Å². The van der Waals surface area contributed by atoms with Gasteiger partial charge in [-0.05, 0) is 24.6 Å². The first-order chi connectivity index (χ1) is 12.6. The van der Waals surface area contributed by atoms with E-state index in [4.69, 9.17) is 14.2 Å². The van der Waals surface area contributed by atoms with Crippen molar-refractivity contribution in [3.63, 3.8) is 0 Å². The molecule has 0 bridgehead atoms. The number of aryl methyl sites for hydroxylation is 1. The fourth-order valence-corrected chi connectivity index (χ4v) is 3.07. The number of benzene rings is 1. The summed E-state index contributed by atoms with van der Waals surface area (Å²) >= 11 is 0. The van der Waals surface area contributed by atoms with Gasteiger partial charge in [-0.3, -0.25) is 9.58 Å². The molecule has 26 heavy (non-hydrogen) atoms. The summed E-state index contributed by atoms with van der Waals surface area (Å²) in [6, 6.07) is 7.39. The van der Waals surface area contributed by atoms with Crippen molar-refractivity contribution in [3.8, 4) is 11.5 Å². The van der Waals surface area contributed by atoms with Gasteiger partial charge in [-0.2, -0.15) is 5.10 Å². The standard InChI is InChI=1S/C19H27N3O4/c1-15-9-20-22(10-15)13-19-12-21(6-7-25-19)11-16(23)14-26-18-5-3-4-17(8-18)24-2/h3-5,8-10,16,19,23H,6-7,11-14H2,1-2H3. The summed E-state index contributed by atoms with van der Waals surface area (Å²) in [5.74, 6) is 1.43. The summed E-state index contributed by atoms with van der Waals surface area (Å²) in [5.41, 5.74) is 1.14. The van der Waals surface area contributed by atoms with Crippen LogP contribution in [0.1, 0.15) is 5.56 Å². The van der Waals surface area contributed by atoms with Crippen LogP contribution in [0.5, 0.6) is 11.5 Å². The monoisotopic (exact) mass is 361 g/mol. The molecule has 3 rings (SSSR count). The van der Waals surface area contributed by atoms with E-state index in [0.717, 1.165) is 30.9 Å². The SMILES string of the molecule is COc1cccc(OCC(O)CN2CCOC(Cn3cc(C)cn3)C2)c1. The van der Waals surface area contributed by atoms with Crippen molar-refractivity contribution in [1.29, 1.82) is 0 Å². The Hall–Kier alpha value is -2.09. The molecule has 2 atom stereocenters. The molecule has 1 fully saturated rings. The summed E-state index contributed by atoms with van der Waals surface area (Å²) in [7, 11) is 1.62. The van der Waals surface area contributed by atoms with Gasteiger partial charge in [0.1, 0.15) is 24.2 Å². The van der Waals surface area contributed by atoms with Crippen LogP contribution in [0.25, 0.3) is 0 Å². The number of aromatic nitrogens is 2. The second-order valence-corrected chi connectivity index (χ2v) is 6.64. The second-order valence-electron chi connectivity index (χ2n) is 6.64. The summed E-state index contributed by atoms with van der Waals surface area (Å²) in [5, 5.41) is 14.6. The predicted octanol–water partition coefficient (Wildman–Crippen LogP) is 1.34. The molecule has 2 aromatic rings. The highest BCUT2D eigenvalue weighted by Crippen LogP contribution is 2.19. The average molecular weight is 361 g/mol. The van der Waals surface area contributed by atoms with Gasteiger partial charge >= 0.3 is 0 Å². The highest BCUT2D eigenvalue weighted by Gasteiger charge is 2.23.